The van der Waals surface area contributed by atoms with Crippen LogP contribution in [0.4, 0.5) is 0 Å². The van der Waals surface area contributed by atoms with E-state index in [4.69, 9.17) is 10.5 Å². The van der Waals surface area contributed by atoms with Crippen molar-refractivity contribution in [3.8, 4) is 0 Å². The van der Waals surface area contributed by atoms with E-state index in [0.29, 0.717) is 25.7 Å². The highest BCUT2D eigenvalue weighted by atomic mass is 16.5. The number of hydrogen-bond donors (Lipinski definition) is 1. The quantitative estimate of drug-likeness (QED) is 0.927. The number of carbonyl (C=O) groups is 1. The largest absolute Gasteiger partial charge is 0.381 e. The summed E-state index contributed by atoms with van der Waals surface area (Å²) in [7, 11) is 0. The molecule has 1 atom stereocenters. The molecule has 1 aromatic rings. The Bertz CT molecular complexity index is 520. The van der Waals surface area contributed by atoms with Crippen molar-refractivity contribution in [3.63, 3.8) is 0 Å². The van der Waals surface area contributed by atoms with Gasteiger partial charge in [0.2, 0.25) is 5.91 Å². The van der Waals surface area contributed by atoms with Crippen LogP contribution in [0.5, 0.6) is 0 Å². The number of carbonyl (C=O) groups excluding carboxylic acids is 1. The molecule has 0 bridgehead atoms. The summed E-state index contributed by atoms with van der Waals surface area (Å²) >= 11 is 0. The monoisotopic (exact) mass is 302 g/mol. The van der Waals surface area contributed by atoms with E-state index < -0.39 is 5.41 Å². The zero-order chi connectivity index (χ0) is 15.6. The van der Waals surface area contributed by atoms with Crippen molar-refractivity contribution >= 4 is 5.91 Å². The molecule has 2 N–H and O–H groups in total. The van der Waals surface area contributed by atoms with E-state index >= 15 is 0 Å². The summed E-state index contributed by atoms with van der Waals surface area (Å²) in [5, 5.41) is 0. The van der Waals surface area contributed by atoms with Crippen LogP contribution in [0.2, 0.25) is 0 Å². The van der Waals surface area contributed by atoms with Crippen LogP contribution in [0.1, 0.15) is 30.4 Å². The lowest BCUT2D eigenvalue weighted by atomic mass is 9.73. The molecule has 1 aromatic carbocycles. The van der Waals surface area contributed by atoms with Crippen molar-refractivity contribution < 1.29 is 9.53 Å². The molecule has 1 amide bonds. The second-order valence-corrected chi connectivity index (χ2v) is 6.70. The maximum Gasteiger partial charge on any atom is 0.233 e. The van der Waals surface area contributed by atoms with Gasteiger partial charge in [0.05, 0.1) is 5.41 Å². The molecule has 2 fully saturated rings. The maximum absolute atomic E-state index is 13.3. The Morgan fingerprint density at radius 2 is 2.00 bits per heavy atom. The first-order valence-corrected chi connectivity index (χ1v) is 8.30. The standard InChI is InChI=1S/C18H26N2O2/c1-14-2-4-16(5-3-14)18(7-10-22-11-8-18)17(21)20-9-6-15(12-19)13-20/h2-5,15H,6-13,19H2,1H3. The fourth-order valence-electron chi connectivity index (χ4n) is 3.73. The van der Waals surface area contributed by atoms with E-state index in [-0.39, 0.29) is 5.91 Å². The summed E-state index contributed by atoms with van der Waals surface area (Å²) in [4.78, 5) is 15.3. The number of amides is 1. The van der Waals surface area contributed by atoms with E-state index in [2.05, 4.69) is 31.2 Å². The molecule has 2 saturated heterocycles. The third kappa shape index (κ3) is 2.77. The molecule has 4 heteroatoms. The van der Waals surface area contributed by atoms with Gasteiger partial charge in [-0.1, -0.05) is 29.8 Å². The normalized spacial score (nSPS) is 24.5. The predicted octanol–water partition coefficient (Wildman–Crippen LogP) is 1.85. The molecule has 2 heterocycles. The Morgan fingerprint density at radius 1 is 1.32 bits per heavy atom. The van der Waals surface area contributed by atoms with E-state index in [1.54, 1.807) is 0 Å². The Morgan fingerprint density at radius 3 is 2.59 bits per heavy atom. The van der Waals surface area contributed by atoms with Gasteiger partial charge in [-0.2, -0.15) is 0 Å². The van der Waals surface area contributed by atoms with Crippen molar-refractivity contribution in [3.05, 3.63) is 35.4 Å². The van der Waals surface area contributed by atoms with Gasteiger partial charge < -0.3 is 15.4 Å². The summed E-state index contributed by atoms with van der Waals surface area (Å²) < 4.78 is 5.53. The first kappa shape index (κ1) is 15.5. The molecular formula is C18H26N2O2. The molecule has 0 aliphatic carbocycles. The highest BCUT2D eigenvalue weighted by Gasteiger charge is 2.45. The van der Waals surface area contributed by atoms with Crippen LogP contribution in [0.25, 0.3) is 0 Å². The average Bonchev–Trinajstić information content (AvgIpc) is 3.04. The number of hydrogen-bond acceptors (Lipinski definition) is 3. The van der Waals surface area contributed by atoms with Crippen molar-refractivity contribution in [2.24, 2.45) is 11.7 Å². The third-order valence-electron chi connectivity index (χ3n) is 5.27. The Hall–Kier alpha value is -1.39. The minimum atomic E-state index is -0.407. The molecule has 1 unspecified atom stereocenters. The van der Waals surface area contributed by atoms with Crippen molar-refractivity contribution in [2.45, 2.75) is 31.6 Å². The van der Waals surface area contributed by atoms with Crippen LogP contribution in [-0.4, -0.2) is 43.7 Å². The van der Waals surface area contributed by atoms with Gasteiger partial charge in [0.1, 0.15) is 0 Å². The molecule has 0 aromatic heterocycles. The SMILES string of the molecule is Cc1ccc(C2(C(=O)N3CCC(CN)C3)CCOCC2)cc1. The second kappa shape index (κ2) is 6.39. The van der Waals surface area contributed by atoms with Crippen LogP contribution in [0.3, 0.4) is 0 Å². The van der Waals surface area contributed by atoms with E-state index in [1.807, 2.05) is 4.90 Å². The van der Waals surface area contributed by atoms with Gasteiger partial charge in [0.25, 0.3) is 0 Å². The smallest absolute Gasteiger partial charge is 0.233 e. The van der Waals surface area contributed by atoms with Gasteiger partial charge in [-0.05, 0) is 44.2 Å². The molecule has 2 aliphatic heterocycles. The molecule has 0 spiro atoms. The highest BCUT2D eigenvalue weighted by molar-refractivity contribution is 5.88. The molecule has 3 rings (SSSR count). The lowest BCUT2D eigenvalue weighted by molar-refractivity contribution is -0.140. The van der Waals surface area contributed by atoms with Crippen LogP contribution in [0.15, 0.2) is 24.3 Å². The number of benzene rings is 1. The number of likely N-dealkylation sites (tertiary alicyclic amines) is 1. The number of nitrogens with zero attached hydrogens (tertiary/aromatic N) is 1. The van der Waals surface area contributed by atoms with E-state index in [9.17, 15) is 4.79 Å². The minimum absolute atomic E-state index is 0.274. The highest BCUT2D eigenvalue weighted by Crippen LogP contribution is 2.38. The number of nitrogens with two attached hydrogens (primary N) is 1. The van der Waals surface area contributed by atoms with E-state index in [1.165, 1.54) is 5.56 Å². The first-order chi connectivity index (χ1) is 10.7. The van der Waals surface area contributed by atoms with Crippen molar-refractivity contribution in [1.29, 1.82) is 0 Å². The molecule has 120 valence electrons. The Labute approximate surface area is 132 Å². The number of ether oxygens (including phenoxy) is 1. The van der Waals surface area contributed by atoms with Gasteiger partial charge in [0, 0.05) is 26.3 Å². The molecule has 0 radical (unpaired) electrons. The van der Waals surface area contributed by atoms with Crippen LogP contribution < -0.4 is 5.73 Å². The van der Waals surface area contributed by atoms with Gasteiger partial charge in [0.15, 0.2) is 0 Å². The summed E-state index contributed by atoms with van der Waals surface area (Å²) in [5.74, 6) is 0.731. The predicted molar refractivity (Wildman–Crippen MR) is 86.7 cm³/mol. The lowest BCUT2D eigenvalue weighted by Gasteiger charge is -2.39. The van der Waals surface area contributed by atoms with Gasteiger partial charge in [-0.25, -0.2) is 0 Å². The van der Waals surface area contributed by atoms with Gasteiger partial charge in [-0.3, -0.25) is 4.79 Å². The van der Waals surface area contributed by atoms with E-state index in [0.717, 1.165) is 37.9 Å². The third-order valence-corrected chi connectivity index (χ3v) is 5.27. The van der Waals surface area contributed by atoms with Crippen molar-refractivity contribution in [2.75, 3.05) is 32.8 Å². The topological polar surface area (TPSA) is 55.6 Å². The molecule has 0 saturated carbocycles. The Balaban J connectivity index is 1.89. The van der Waals surface area contributed by atoms with Crippen LogP contribution >= 0.6 is 0 Å². The zero-order valence-corrected chi connectivity index (χ0v) is 13.4. The van der Waals surface area contributed by atoms with Crippen molar-refractivity contribution in [1.82, 2.24) is 4.90 Å². The lowest BCUT2D eigenvalue weighted by Crippen LogP contribution is -2.49. The zero-order valence-electron chi connectivity index (χ0n) is 13.4. The number of rotatable bonds is 3. The summed E-state index contributed by atoms with van der Waals surface area (Å²) in [5.41, 5.74) is 7.74. The summed E-state index contributed by atoms with van der Waals surface area (Å²) in [6.45, 7) is 5.72. The minimum Gasteiger partial charge on any atom is -0.381 e. The summed E-state index contributed by atoms with van der Waals surface area (Å²) in [6.07, 6.45) is 2.58. The Kier molecular flexibility index (Phi) is 4.50. The van der Waals surface area contributed by atoms with Crippen LogP contribution in [0, 0.1) is 12.8 Å². The van der Waals surface area contributed by atoms with Crippen LogP contribution in [-0.2, 0) is 14.9 Å². The second-order valence-electron chi connectivity index (χ2n) is 6.70. The number of aryl methyl sites for hydroxylation is 1. The first-order valence-electron chi connectivity index (χ1n) is 8.30. The molecule has 2 aliphatic rings. The summed E-state index contributed by atoms with van der Waals surface area (Å²) in [6, 6.07) is 8.45. The molecule has 22 heavy (non-hydrogen) atoms. The fourth-order valence-corrected chi connectivity index (χ4v) is 3.73. The van der Waals surface area contributed by atoms with Gasteiger partial charge in [-0.15, -0.1) is 0 Å². The average molecular weight is 302 g/mol. The molecular weight excluding hydrogens is 276 g/mol. The van der Waals surface area contributed by atoms with Gasteiger partial charge >= 0.3 is 0 Å². The molecule has 4 nitrogen and oxygen atoms in total. The maximum atomic E-state index is 13.3. The fraction of sp³-hybridized carbons (Fsp3) is 0.611.